The van der Waals surface area contributed by atoms with Crippen molar-refractivity contribution in [2.75, 3.05) is 6.61 Å². The summed E-state index contributed by atoms with van der Waals surface area (Å²) in [5.74, 6) is 0. The van der Waals surface area contributed by atoms with Crippen molar-refractivity contribution in [2.24, 2.45) is 0 Å². The lowest BCUT2D eigenvalue weighted by molar-refractivity contribution is 0.00868. The zero-order valence-corrected chi connectivity index (χ0v) is 9.96. The molecule has 0 aromatic carbocycles. The minimum atomic E-state index is -0.143. The second-order valence-electron chi connectivity index (χ2n) is 4.08. The van der Waals surface area contributed by atoms with Crippen molar-refractivity contribution in [1.82, 2.24) is 9.55 Å². The van der Waals surface area contributed by atoms with E-state index in [4.69, 9.17) is 17.0 Å². The summed E-state index contributed by atoms with van der Waals surface area (Å²) in [5, 5.41) is 0. The third-order valence-electron chi connectivity index (χ3n) is 2.86. The molecule has 1 aromatic rings. The van der Waals surface area contributed by atoms with Crippen molar-refractivity contribution < 1.29 is 4.74 Å². The third kappa shape index (κ3) is 3.02. The molecule has 2 heterocycles. The minimum Gasteiger partial charge on any atom is -0.378 e. The van der Waals surface area contributed by atoms with Gasteiger partial charge in [-0.05, 0) is 37.9 Å². The monoisotopic (exact) mass is 240 g/mol. The summed E-state index contributed by atoms with van der Waals surface area (Å²) in [6.07, 6.45) is 6.61. The van der Waals surface area contributed by atoms with Crippen molar-refractivity contribution in [3.63, 3.8) is 0 Å². The van der Waals surface area contributed by atoms with Gasteiger partial charge in [0.05, 0.1) is 6.10 Å². The number of ether oxygens (including phenoxy) is 1. The van der Waals surface area contributed by atoms with E-state index >= 15 is 0 Å². The van der Waals surface area contributed by atoms with Gasteiger partial charge in [0.1, 0.15) is 0 Å². The van der Waals surface area contributed by atoms with E-state index in [0.717, 1.165) is 26.0 Å². The third-order valence-corrected chi connectivity index (χ3v) is 3.20. The Morgan fingerprint density at radius 2 is 2.44 bits per heavy atom. The summed E-state index contributed by atoms with van der Waals surface area (Å²) in [4.78, 5) is 13.6. The second kappa shape index (κ2) is 5.41. The highest BCUT2D eigenvalue weighted by Crippen LogP contribution is 2.16. The summed E-state index contributed by atoms with van der Waals surface area (Å²) < 4.78 is 8.02. The van der Waals surface area contributed by atoms with Crippen molar-refractivity contribution >= 4 is 12.2 Å². The number of hydrogen-bond acceptors (Lipinski definition) is 3. The molecule has 1 unspecified atom stereocenters. The van der Waals surface area contributed by atoms with Crippen LogP contribution >= 0.6 is 12.2 Å². The molecule has 2 rings (SSSR count). The molecule has 4 nitrogen and oxygen atoms in total. The molecule has 1 aliphatic rings. The van der Waals surface area contributed by atoms with Gasteiger partial charge in [-0.25, -0.2) is 0 Å². The van der Waals surface area contributed by atoms with Gasteiger partial charge in [-0.1, -0.05) is 0 Å². The van der Waals surface area contributed by atoms with Gasteiger partial charge in [-0.3, -0.25) is 9.78 Å². The molecule has 0 radical (unpaired) electrons. The zero-order chi connectivity index (χ0) is 11.4. The Bertz CT molecular complexity index is 446. The van der Waals surface area contributed by atoms with Crippen LogP contribution in [-0.2, 0) is 11.3 Å². The van der Waals surface area contributed by atoms with Crippen LogP contribution < -0.4 is 5.56 Å². The number of aryl methyl sites for hydroxylation is 1. The number of rotatable bonds is 3. The molecule has 1 aliphatic heterocycles. The van der Waals surface area contributed by atoms with Gasteiger partial charge in [-0.15, -0.1) is 0 Å². The molecule has 1 aromatic heterocycles. The Labute approximate surface area is 99.3 Å². The van der Waals surface area contributed by atoms with E-state index in [-0.39, 0.29) is 5.56 Å². The minimum absolute atomic E-state index is 0.143. The van der Waals surface area contributed by atoms with E-state index in [2.05, 4.69) is 4.98 Å². The van der Waals surface area contributed by atoms with Crippen LogP contribution in [0.4, 0.5) is 0 Å². The van der Waals surface area contributed by atoms with E-state index in [1.54, 1.807) is 6.20 Å². The van der Waals surface area contributed by atoms with Crippen LogP contribution in [0, 0.1) is 4.77 Å². The normalized spacial score (nSPS) is 20.9. The molecule has 0 amide bonds. The first-order chi connectivity index (χ1) is 7.75. The van der Waals surface area contributed by atoms with Crippen LogP contribution in [0.3, 0.4) is 0 Å². The lowest BCUT2D eigenvalue weighted by Crippen LogP contribution is -2.21. The molecular weight excluding hydrogens is 224 g/mol. The standard InChI is InChI=1S/C11H16N2O2S/c14-10-5-7-13(11(16)12-10)6-4-9-3-1-2-8-15-9/h5,7,9H,1-4,6,8H2,(H,12,14,16). The quantitative estimate of drug-likeness (QED) is 0.820. The fourth-order valence-corrected chi connectivity index (χ4v) is 2.19. The molecule has 5 heteroatoms. The van der Waals surface area contributed by atoms with Gasteiger partial charge >= 0.3 is 0 Å². The van der Waals surface area contributed by atoms with Crippen LogP contribution in [0.15, 0.2) is 17.1 Å². The molecule has 1 atom stereocenters. The Hall–Kier alpha value is -0.940. The second-order valence-corrected chi connectivity index (χ2v) is 4.47. The summed E-state index contributed by atoms with van der Waals surface area (Å²) in [5.41, 5.74) is -0.143. The Kier molecular flexibility index (Phi) is 3.90. The highest BCUT2D eigenvalue weighted by molar-refractivity contribution is 7.71. The maximum atomic E-state index is 11.0. The SMILES string of the molecule is O=c1ccn(CCC2CCCCO2)c(=S)[nH]1. The summed E-state index contributed by atoms with van der Waals surface area (Å²) in [6, 6.07) is 1.50. The van der Waals surface area contributed by atoms with E-state index in [1.807, 2.05) is 4.57 Å². The van der Waals surface area contributed by atoms with Gasteiger partial charge in [0.2, 0.25) is 0 Å². The first-order valence-electron chi connectivity index (χ1n) is 5.67. The zero-order valence-electron chi connectivity index (χ0n) is 9.15. The highest BCUT2D eigenvalue weighted by Gasteiger charge is 2.13. The number of aromatic amines is 1. The Morgan fingerprint density at radius 1 is 1.56 bits per heavy atom. The van der Waals surface area contributed by atoms with Gasteiger partial charge in [0, 0.05) is 25.4 Å². The largest absolute Gasteiger partial charge is 0.378 e. The molecule has 1 N–H and O–H groups in total. The van der Waals surface area contributed by atoms with Gasteiger partial charge in [0.15, 0.2) is 4.77 Å². The number of hydrogen-bond donors (Lipinski definition) is 1. The molecule has 88 valence electrons. The van der Waals surface area contributed by atoms with Crippen LogP contribution in [0.1, 0.15) is 25.7 Å². The average molecular weight is 240 g/mol. The molecule has 0 aliphatic carbocycles. The highest BCUT2D eigenvalue weighted by atomic mass is 32.1. The number of H-pyrrole nitrogens is 1. The summed E-state index contributed by atoms with van der Waals surface area (Å²) in [6.45, 7) is 1.68. The van der Waals surface area contributed by atoms with E-state index in [9.17, 15) is 4.79 Å². The Balaban J connectivity index is 1.93. The maximum Gasteiger partial charge on any atom is 0.251 e. The molecule has 1 fully saturated rings. The molecule has 16 heavy (non-hydrogen) atoms. The van der Waals surface area contributed by atoms with E-state index < -0.39 is 0 Å². The molecule has 0 saturated carbocycles. The fourth-order valence-electron chi connectivity index (χ4n) is 1.94. The van der Waals surface area contributed by atoms with Gasteiger partial charge < -0.3 is 9.30 Å². The first kappa shape index (κ1) is 11.5. The summed E-state index contributed by atoms with van der Waals surface area (Å²) >= 11 is 5.07. The van der Waals surface area contributed by atoms with Crippen LogP contribution in [0.5, 0.6) is 0 Å². The van der Waals surface area contributed by atoms with Gasteiger partial charge in [-0.2, -0.15) is 0 Å². The lowest BCUT2D eigenvalue weighted by atomic mass is 10.1. The van der Waals surface area contributed by atoms with Crippen molar-refractivity contribution in [1.29, 1.82) is 0 Å². The number of nitrogens with one attached hydrogen (secondary N) is 1. The smallest absolute Gasteiger partial charge is 0.251 e. The first-order valence-corrected chi connectivity index (χ1v) is 6.08. The van der Waals surface area contributed by atoms with Crippen LogP contribution in [0.25, 0.3) is 0 Å². The van der Waals surface area contributed by atoms with Crippen molar-refractivity contribution in [2.45, 2.75) is 38.3 Å². The van der Waals surface area contributed by atoms with E-state index in [1.165, 1.54) is 18.9 Å². The maximum absolute atomic E-state index is 11.0. The van der Waals surface area contributed by atoms with Crippen molar-refractivity contribution in [3.05, 3.63) is 27.4 Å². The lowest BCUT2D eigenvalue weighted by Gasteiger charge is -2.22. The average Bonchev–Trinajstić information content (AvgIpc) is 2.29. The molecule has 0 spiro atoms. The Morgan fingerprint density at radius 3 is 3.12 bits per heavy atom. The molecule has 0 bridgehead atoms. The predicted molar refractivity (Wildman–Crippen MR) is 64.1 cm³/mol. The topological polar surface area (TPSA) is 47.0 Å². The number of aromatic nitrogens is 2. The molecule has 1 saturated heterocycles. The van der Waals surface area contributed by atoms with Gasteiger partial charge in [0.25, 0.3) is 5.56 Å². The van der Waals surface area contributed by atoms with Crippen LogP contribution in [-0.4, -0.2) is 22.3 Å². The van der Waals surface area contributed by atoms with Crippen LogP contribution in [0.2, 0.25) is 0 Å². The number of nitrogens with zero attached hydrogens (tertiary/aromatic N) is 1. The fraction of sp³-hybridized carbons (Fsp3) is 0.636. The predicted octanol–water partition coefficient (Wildman–Crippen LogP) is 1.87. The molecular formula is C11H16N2O2S. The van der Waals surface area contributed by atoms with Crippen molar-refractivity contribution in [3.8, 4) is 0 Å². The summed E-state index contributed by atoms with van der Waals surface area (Å²) in [7, 11) is 0. The van der Waals surface area contributed by atoms with E-state index in [0.29, 0.717) is 10.9 Å².